The van der Waals surface area contributed by atoms with Gasteiger partial charge in [-0.2, -0.15) is 16.1 Å². The summed E-state index contributed by atoms with van der Waals surface area (Å²) in [5.41, 5.74) is 0. The van der Waals surface area contributed by atoms with Gasteiger partial charge in [-0.25, -0.2) is 8.42 Å². The number of nitrogens with zero attached hydrogens (tertiary/aromatic N) is 1. The molecule has 0 amide bonds. The topological polar surface area (TPSA) is 37.4 Å². The number of rotatable bonds is 2. The zero-order chi connectivity index (χ0) is 9.03. The van der Waals surface area contributed by atoms with Gasteiger partial charge in [0, 0.05) is 24.6 Å². The van der Waals surface area contributed by atoms with Crippen LogP contribution in [0.25, 0.3) is 0 Å². The molecule has 0 radical (unpaired) electrons. The van der Waals surface area contributed by atoms with E-state index < -0.39 is 10.0 Å². The van der Waals surface area contributed by atoms with Crippen molar-refractivity contribution in [3.05, 3.63) is 0 Å². The van der Waals surface area contributed by atoms with Gasteiger partial charge in [0.1, 0.15) is 5.75 Å². The Morgan fingerprint density at radius 3 is 2.50 bits per heavy atom. The lowest BCUT2D eigenvalue weighted by molar-refractivity contribution is 0.446. The average Bonchev–Trinajstić information content (AvgIpc) is 2.06. The first kappa shape index (κ1) is 9.90. The Bertz CT molecular complexity index is 272. The van der Waals surface area contributed by atoms with E-state index in [1.807, 2.05) is 0 Å². The maximum atomic E-state index is 11.4. The van der Waals surface area contributed by atoms with E-state index in [9.17, 15) is 8.42 Å². The van der Waals surface area contributed by atoms with Gasteiger partial charge in [0.15, 0.2) is 0 Å². The van der Waals surface area contributed by atoms with Crippen molar-refractivity contribution in [1.29, 1.82) is 0 Å². The molecule has 0 N–H and O–H groups in total. The van der Waals surface area contributed by atoms with E-state index in [2.05, 4.69) is 5.92 Å². The van der Waals surface area contributed by atoms with E-state index in [0.717, 1.165) is 11.5 Å². The minimum Gasteiger partial charge on any atom is -0.211 e. The van der Waals surface area contributed by atoms with Crippen molar-refractivity contribution in [2.45, 2.75) is 0 Å². The highest BCUT2D eigenvalue weighted by Crippen LogP contribution is 2.12. The van der Waals surface area contributed by atoms with Gasteiger partial charge in [-0.1, -0.05) is 5.92 Å². The molecule has 0 atom stereocenters. The molecule has 1 fully saturated rings. The summed E-state index contributed by atoms with van der Waals surface area (Å²) in [6, 6.07) is 0. The van der Waals surface area contributed by atoms with Crippen LogP contribution in [0.2, 0.25) is 0 Å². The lowest BCUT2D eigenvalue weighted by atomic mass is 10.6. The molecular formula is C7H11NO2S2. The average molecular weight is 205 g/mol. The minimum atomic E-state index is -3.15. The summed E-state index contributed by atoms with van der Waals surface area (Å²) in [4.78, 5) is 0. The van der Waals surface area contributed by atoms with Gasteiger partial charge in [-0.3, -0.25) is 0 Å². The highest BCUT2D eigenvalue weighted by molar-refractivity contribution is 7.99. The van der Waals surface area contributed by atoms with E-state index in [1.165, 1.54) is 4.31 Å². The van der Waals surface area contributed by atoms with Crippen LogP contribution >= 0.6 is 11.8 Å². The monoisotopic (exact) mass is 205 g/mol. The number of thioether (sulfide) groups is 1. The molecule has 0 aliphatic carbocycles. The molecule has 3 nitrogen and oxygen atoms in total. The summed E-state index contributed by atoms with van der Waals surface area (Å²) in [7, 11) is -3.15. The highest BCUT2D eigenvalue weighted by atomic mass is 32.2. The van der Waals surface area contributed by atoms with Crippen LogP contribution in [0.4, 0.5) is 0 Å². The molecule has 0 bridgehead atoms. The quantitative estimate of drug-likeness (QED) is 0.595. The second kappa shape index (κ2) is 4.17. The van der Waals surface area contributed by atoms with Crippen molar-refractivity contribution in [3.63, 3.8) is 0 Å². The van der Waals surface area contributed by atoms with Crippen molar-refractivity contribution >= 4 is 21.8 Å². The number of sulfonamides is 1. The molecule has 5 heteroatoms. The van der Waals surface area contributed by atoms with Crippen molar-refractivity contribution in [3.8, 4) is 12.3 Å². The molecule has 1 heterocycles. The smallest absolute Gasteiger partial charge is 0.211 e. The van der Waals surface area contributed by atoms with E-state index in [0.29, 0.717) is 13.1 Å². The molecular weight excluding hydrogens is 194 g/mol. The third kappa shape index (κ3) is 2.41. The zero-order valence-corrected chi connectivity index (χ0v) is 8.33. The molecule has 0 spiro atoms. The van der Waals surface area contributed by atoms with Crippen LogP contribution in [0.15, 0.2) is 0 Å². The van der Waals surface area contributed by atoms with Crippen molar-refractivity contribution < 1.29 is 8.42 Å². The van der Waals surface area contributed by atoms with Gasteiger partial charge in [-0.15, -0.1) is 6.42 Å². The fourth-order valence-corrected chi connectivity index (χ4v) is 3.29. The van der Waals surface area contributed by atoms with Crippen molar-refractivity contribution in [2.75, 3.05) is 30.3 Å². The standard InChI is InChI=1S/C7H11NO2S2/c1-2-7-12(9,10)8-3-5-11-6-4-8/h1H,3-7H2. The molecule has 0 saturated carbocycles. The molecule has 1 rings (SSSR count). The maximum absolute atomic E-state index is 11.4. The number of terminal acetylenes is 1. The molecule has 1 aliphatic rings. The van der Waals surface area contributed by atoms with Gasteiger partial charge < -0.3 is 0 Å². The Balaban J connectivity index is 2.62. The Hall–Kier alpha value is -0.180. The van der Waals surface area contributed by atoms with E-state index >= 15 is 0 Å². The molecule has 0 aromatic rings. The van der Waals surface area contributed by atoms with Gasteiger partial charge in [0.2, 0.25) is 10.0 Å². The summed E-state index contributed by atoms with van der Waals surface area (Å²) in [5, 5.41) is 0. The summed E-state index contributed by atoms with van der Waals surface area (Å²) < 4.78 is 24.2. The summed E-state index contributed by atoms with van der Waals surface area (Å²) in [6.07, 6.45) is 4.96. The summed E-state index contributed by atoms with van der Waals surface area (Å²) >= 11 is 1.78. The van der Waals surface area contributed by atoms with Crippen LogP contribution < -0.4 is 0 Å². The van der Waals surface area contributed by atoms with Crippen LogP contribution in [0.3, 0.4) is 0 Å². The Morgan fingerprint density at radius 2 is 2.00 bits per heavy atom. The normalized spacial score (nSPS) is 20.2. The second-order valence-corrected chi connectivity index (χ2v) is 5.67. The fraction of sp³-hybridized carbons (Fsp3) is 0.714. The third-order valence-electron chi connectivity index (χ3n) is 1.63. The zero-order valence-electron chi connectivity index (χ0n) is 6.69. The molecule has 1 saturated heterocycles. The number of hydrogen-bond acceptors (Lipinski definition) is 3. The Kier molecular flexibility index (Phi) is 3.44. The molecule has 0 aromatic carbocycles. The van der Waals surface area contributed by atoms with Gasteiger partial charge >= 0.3 is 0 Å². The van der Waals surface area contributed by atoms with Crippen LogP contribution in [0.5, 0.6) is 0 Å². The fourth-order valence-electron chi connectivity index (χ4n) is 1.02. The summed E-state index contributed by atoms with van der Waals surface area (Å²) in [6.45, 7) is 1.21. The number of hydrogen-bond donors (Lipinski definition) is 0. The molecule has 68 valence electrons. The predicted molar refractivity (Wildman–Crippen MR) is 51.5 cm³/mol. The third-order valence-corrected chi connectivity index (χ3v) is 4.26. The van der Waals surface area contributed by atoms with E-state index in [1.54, 1.807) is 11.8 Å². The minimum absolute atomic E-state index is 0.169. The molecule has 0 aromatic heterocycles. The van der Waals surface area contributed by atoms with E-state index in [-0.39, 0.29) is 5.75 Å². The molecule has 1 aliphatic heterocycles. The lowest BCUT2D eigenvalue weighted by Crippen LogP contribution is -2.38. The first-order valence-corrected chi connectivity index (χ1v) is 6.42. The molecule has 12 heavy (non-hydrogen) atoms. The first-order chi connectivity index (χ1) is 5.67. The van der Waals surface area contributed by atoms with Crippen LogP contribution in [0, 0.1) is 12.3 Å². The van der Waals surface area contributed by atoms with Crippen molar-refractivity contribution in [1.82, 2.24) is 4.31 Å². The lowest BCUT2D eigenvalue weighted by Gasteiger charge is -2.24. The largest absolute Gasteiger partial charge is 0.225 e. The predicted octanol–water partition coefficient (Wildman–Crippen LogP) is -0.00180. The summed E-state index contributed by atoms with van der Waals surface area (Å²) in [5.74, 6) is 3.76. The first-order valence-electron chi connectivity index (χ1n) is 3.66. The Morgan fingerprint density at radius 1 is 1.42 bits per heavy atom. The van der Waals surface area contributed by atoms with Gasteiger partial charge in [-0.05, 0) is 0 Å². The van der Waals surface area contributed by atoms with Crippen molar-refractivity contribution in [2.24, 2.45) is 0 Å². The van der Waals surface area contributed by atoms with Gasteiger partial charge in [0.05, 0.1) is 0 Å². The van der Waals surface area contributed by atoms with Crippen LogP contribution in [0.1, 0.15) is 0 Å². The SMILES string of the molecule is C#CCS(=O)(=O)N1CCSCC1. The van der Waals surface area contributed by atoms with Gasteiger partial charge in [0.25, 0.3) is 0 Å². The van der Waals surface area contributed by atoms with Crippen LogP contribution in [-0.4, -0.2) is 43.1 Å². The van der Waals surface area contributed by atoms with E-state index in [4.69, 9.17) is 6.42 Å². The second-order valence-electron chi connectivity index (χ2n) is 2.47. The Labute approximate surface area is 77.6 Å². The maximum Gasteiger partial charge on any atom is 0.225 e. The van der Waals surface area contributed by atoms with Crippen LogP contribution in [-0.2, 0) is 10.0 Å². The molecule has 0 unspecified atom stereocenters. The highest BCUT2D eigenvalue weighted by Gasteiger charge is 2.22.